The number of hydrogen-bond donors (Lipinski definition) is 1. The van der Waals surface area contributed by atoms with Crippen LogP contribution in [0.15, 0.2) is 84.0 Å². The van der Waals surface area contributed by atoms with Crippen LogP contribution >= 0.6 is 11.6 Å². The van der Waals surface area contributed by atoms with E-state index in [0.717, 1.165) is 16.7 Å². The minimum atomic E-state index is -0.335. The Morgan fingerprint density at radius 2 is 1.65 bits per heavy atom. The van der Waals surface area contributed by atoms with Gasteiger partial charge in [-0.2, -0.15) is 5.10 Å². The quantitative estimate of drug-likeness (QED) is 0.516. The topological polar surface area (TPSA) is 50.7 Å². The maximum atomic E-state index is 11.9. The summed E-state index contributed by atoms with van der Waals surface area (Å²) < 4.78 is 5.67. The van der Waals surface area contributed by atoms with Crippen molar-refractivity contribution >= 4 is 23.7 Å². The SMILES string of the molecule is O=C(COc1ccccc1-c1ccccc1)N/N=C/c1ccc(Cl)cc1. The van der Waals surface area contributed by atoms with Crippen molar-refractivity contribution in [2.75, 3.05) is 6.61 Å². The van der Waals surface area contributed by atoms with Crippen LogP contribution in [-0.2, 0) is 4.79 Å². The molecule has 0 atom stereocenters. The minimum Gasteiger partial charge on any atom is -0.483 e. The average molecular weight is 365 g/mol. The highest BCUT2D eigenvalue weighted by Crippen LogP contribution is 2.29. The Morgan fingerprint density at radius 3 is 2.42 bits per heavy atom. The Hall–Kier alpha value is -3.11. The zero-order valence-electron chi connectivity index (χ0n) is 13.9. The number of halogens is 1. The molecule has 0 aliphatic rings. The minimum absolute atomic E-state index is 0.123. The highest BCUT2D eigenvalue weighted by atomic mass is 35.5. The van der Waals surface area contributed by atoms with Crippen LogP contribution in [0.2, 0.25) is 5.02 Å². The van der Waals surface area contributed by atoms with Gasteiger partial charge in [-0.1, -0.05) is 72.3 Å². The summed E-state index contributed by atoms with van der Waals surface area (Å²) in [7, 11) is 0. The highest BCUT2D eigenvalue weighted by Gasteiger charge is 2.07. The summed E-state index contributed by atoms with van der Waals surface area (Å²) in [5, 5.41) is 4.57. The highest BCUT2D eigenvalue weighted by molar-refractivity contribution is 6.30. The molecule has 0 saturated carbocycles. The number of para-hydroxylation sites is 1. The largest absolute Gasteiger partial charge is 0.483 e. The summed E-state index contributed by atoms with van der Waals surface area (Å²) in [5.41, 5.74) is 5.25. The summed E-state index contributed by atoms with van der Waals surface area (Å²) in [6.45, 7) is -0.123. The lowest BCUT2D eigenvalue weighted by Gasteiger charge is -2.10. The molecular formula is C21H17ClN2O2. The van der Waals surface area contributed by atoms with Crippen molar-refractivity contribution in [1.29, 1.82) is 0 Å². The molecule has 3 aromatic rings. The van der Waals surface area contributed by atoms with E-state index < -0.39 is 0 Å². The summed E-state index contributed by atoms with van der Waals surface area (Å²) in [6, 6.07) is 24.6. The molecule has 0 spiro atoms. The van der Waals surface area contributed by atoms with Gasteiger partial charge in [0.15, 0.2) is 6.61 Å². The maximum Gasteiger partial charge on any atom is 0.277 e. The Bertz CT molecular complexity index is 893. The zero-order valence-corrected chi connectivity index (χ0v) is 14.7. The Morgan fingerprint density at radius 1 is 0.962 bits per heavy atom. The molecule has 0 heterocycles. The monoisotopic (exact) mass is 364 g/mol. The first-order valence-corrected chi connectivity index (χ1v) is 8.45. The number of nitrogens with one attached hydrogen (secondary N) is 1. The van der Waals surface area contributed by atoms with Crippen molar-refractivity contribution in [1.82, 2.24) is 5.43 Å². The molecule has 0 aliphatic carbocycles. The van der Waals surface area contributed by atoms with E-state index >= 15 is 0 Å². The molecule has 0 unspecified atom stereocenters. The molecule has 26 heavy (non-hydrogen) atoms. The molecule has 0 radical (unpaired) electrons. The number of hydrazone groups is 1. The average Bonchev–Trinajstić information content (AvgIpc) is 2.69. The number of benzene rings is 3. The van der Waals surface area contributed by atoms with E-state index in [2.05, 4.69) is 10.5 Å². The number of nitrogens with zero attached hydrogens (tertiary/aromatic N) is 1. The van der Waals surface area contributed by atoms with Crippen LogP contribution in [0.1, 0.15) is 5.56 Å². The first-order chi connectivity index (χ1) is 12.7. The molecule has 3 aromatic carbocycles. The molecule has 130 valence electrons. The number of rotatable bonds is 6. The van der Waals surface area contributed by atoms with E-state index in [1.165, 1.54) is 0 Å². The molecule has 0 aromatic heterocycles. The fourth-order valence-corrected chi connectivity index (χ4v) is 2.48. The number of carbonyl (C=O) groups is 1. The standard InChI is InChI=1S/C21H17ClN2O2/c22-18-12-10-16(11-13-18)14-23-24-21(25)15-26-20-9-5-4-8-19(20)17-6-2-1-3-7-17/h1-14H,15H2,(H,24,25)/b23-14+. The van der Waals surface area contributed by atoms with Crippen LogP contribution in [0, 0.1) is 0 Å². The van der Waals surface area contributed by atoms with Crippen LogP contribution in [-0.4, -0.2) is 18.7 Å². The van der Waals surface area contributed by atoms with Crippen molar-refractivity contribution in [3.05, 3.63) is 89.4 Å². The number of amides is 1. The fourth-order valence-electron chi connectivity index (χ4n) is 2.35. The molecule has 1 amide bonds. The lowest BCUT2D eigenvalue weighted by atomic mass is 10.1. The third kappa shape index (κ3) is 4.94. The van der Waals surface area contributed by atoms with E-state index in [1.807, 2.05) is 66.7 Å². The number of hydrogen-bond acceptors (Lipinski definition) is 3. The molecule has 3 rings (SSSR count). The smallest absolute Gasteiger partial charge is 0.277 e. The second-order valence-electron chi connectivity index (χ2n) is 5.50. The van der Waals surface area contributed by atoms with Gasteiger partial charge < -0.3 is 4.74 Å². The van der Waals surface area contributed by atoms with Gasteiger partial charge in [0.1, 0.15) is 5.75 Å². The third-order valence-electron chi connectivity index (χ3n) is 3.60. The molecule has 0 aliphatic heterocycles. The van der Waals surface area contributed by atoms with Gasteiger partial charge >= 0.3 is 0 Å². The predicted molar refractivity (Wildman–Crippen MR) is 105 cm³/mol. The molecule has 5 heteroatoms. The predicted octanol–water partition coefficient (Wildman–Crippen LogP) is 4.54. The van der Waals surface area contributed by atoms with Gasteiger partial charge in [0, 0.05) is 10.6 Å². The first-order valence-electron chi connectivity index (χ1n) is 8.07. The van der Waals surface area contributed by atoms with Gasteiger partial charge in [0.2, 0.25) is 0 Å². The fraction of sp³-hybridized carbons (Fsp3) is 0.0476. The lowest BCUT2D eigenvalue weighted by molar-refractivity contribution is -0.123. The van der Waals surface area contributed by atoms with Crippen LogP contribution < -0.4 is 10.2 Å². The molecular weight excluding hydrogens is 348 g/mol. The van der Waals surface area contributed by atoms with Gasteiger partial charge in [0.05, 0.1) is 6.21 Å². The number of carbonyl (C=O) groups excluding carboxylic acids is 1. The van der Waals surface area contributed by atoms with E-state index in [-0.39, 0.29) is 12.5 Å². The van der Waals surface area contributed by atoms with E-state index in [1.54, 1.807) is 18.3 Å². The molecule has 4 nitrogen and oxygen atoms in total. The third-order valence-corrected chi connectivity index (χ3v) is 3.86. The normalized spacial score (nSPS) is 10.7. The Balaban J connectivity index is 1.57. The van der Waals surface area contributed by atoms with Crippen molar-refractivity contribution in [3.63, 3.8) is 0 Å². The van der Waals surface area contributed by atoms with Crippen molar-refractivity contribution in [2.45, 2.75) is 0 Å². The van der Waals surface area contributed by atoms with Crippen LogP contribution in [0.4, 0.5) is 0 Å². The Kier molecular flexibility index (Phi) is 6.01. The second kappa shape index (κ2) is 8.83. The summed E-state index contributed by atoms with van der Waals surface area (Å²) in [4.78, 5) is 11.9. The van der Waals surface area contributed by atoms with Gasteiger partial charge in [-0.3, -0.25) is 4.79 Å². The van der Waals surface area contributed by atoms with Crippen LogP contribution in [0.5, 0.6) is 5.75 Å². The Labute approximate surface area is 157 Å². The molecule has 0 bridgehead atoms. The van der Waals surface area contributed by atoms with Crippen molar-refractivity contribution in [2.24, 2.45) is 5.10 Å². The van der Waals surface area contributed by atoms with Gasteiger partial charge in [0.25, 0.3) is 5.91 Å². The molecule has 0 saturated heterocycles. The summed E-state index contributed by atoms with van der Waals surface area (Å²) in [5.74, 6) is 0.314. The van der Waals surface area contributed by atoms with E-state index in [9.17, 15) is 4.79 Å². The molecule has 1 N–H and O–H groups in total. The van der Waals surface area contributed by atoms with Gasteiger partial charge in [-0.15, -0.1) is 0 Å². The van der Waals surface area contributed by atoms with E-state index in [0.29, 0.717) is 10.8 Å². The van der Waals surface area contributed by atoms with Gasteiger partial charge in [-0.05, 0) is 29.3 Å². The first kappa shape index (κ1) is 17.7. The maximum absolute atomic E-state index is 11.9. The van der Waals surface area contributed by atoms with Crippen LogP contribution in [0.25, 0.3) is 11.1 Å². The van der Waals surface area contributed by atoms with Crippen molar-refractivity contribution in [3.8, 4) is 16.9 Å². The number of ether oxygens (including phenoxy) is 1. The summed E-state index contributed by atoms with van der Waals surface area (Å²) >= 11 is 5.82. The molecule has 0 fully saturated rings. The summed E-state index contributed by atoms with van der Waals surface area (Å²) in [6.07, 6.45) is 1.55. The lowest BCUT2D eigenvalue weighted by Crippen LogP contribution is -2.24. The van der Waals surface area contributed by atoms with Crippen molar-refractivity contribution < 1.29 is 9.53 Å². The van der Waals surface area contributed by atoms with E-state index in [4.69, 9.17) is 16.3 Å². The zero-order chi connectivity index (χ0) is 18.2. The van der Waals surface area contributed by atoms with Crippen LogP contribution in [0.3, 0.4) is 0 Å². The van der Waals surface area contributed by atoms with Gasteiger partial charge in [-0.25, -0.2) is 5.43 Å². The second-order valence-corrected chi connectivity index (χ2v) is 5.93.